The zero-order valence-corrected chi connectivity index (χ0v) is 15.7. The predicted molar refractivity (Wildman–Crippen MR) is 111 cm³/mol. The molecule has 0 bridgehead atoms. The highest BCUT2D eigenvalue weighted by atomic mass is 16.2. The maximum absolute atomic E-state index is 12.6. The van der Waals surface area contributed by atoms with Crippen LogP contribution < -0.4 is 5.32 Å². The molecule has 1 aliphatic rings. The second-order valence-corrected chi connectivity index (χ2v) is 6.92. The molecule has 1 aliphatic heterocycles. The Balaban J connectivity index is 1.45. The number of benzene rings is 2. The minimum absolute atomic E-state index is 0.0661. The first-order valence-corrected chi connectivity index (χ1v) is 9.61. The van der Waals surface area contributed by atoms with Crippen LogP contribution in [0.2, 0.25) is 0 Å². The Morgan fingerprint density at radius 2 is 1.43 bits per heavy atom. The molecule has 4 rings (SSSR count). The lowest BCUT2D eigenvalue weighted by atomic mass is 9.96. The van der Waals surface area contributed by atoms with E-state index >= 15 is 0 Å². The summed E-state index contributed by atoms with van der Waals surface area (Å²) in [5.74, 6) is 0. The number of nitrogens with one attached hydrogen (secondary N) is 1. The van der Waals surface area contributed by atoms with Crippen molar-refractivity contribution in [3.05, 3.63) is 96.3 Å². The summed E-state index contributed by atoms with van der Waals surface area (Å²) in [5.41, 5.74) is 3.28. The molecule has 3 aromatic rings. The van der Waals surface area contributed by atoms with Gasteiger partial charge < -0.3 is 10.2 Å². The fourth-order valence-electron chi connectivity index (χ4n) is 3.71. The topological polar surface area (TPSA) is 48.5 Å². The van der Waals surface area contributed by atoms with E-state index in [-0.39, 0.29) is 12.1 Å². The number of rotatable bonds is 4. The Kier molecular flexibility index (Phi) is 5.64. The van der Waals surface area contributed by atoms with Gasteiger partial charge >= 0.3 is 6.03 Å². The highest BCUT2D eigenvalue weighted by Crippen LogP contribution is 2.29. The van der Waals surface area contributed by atoms with Crippen LogP contribution in [0.1, 0.15) is 17.2 Å². The Hall–Kier alpha value is -3.18. The molecule has 28 heavy (non-hydrogen) atoms. The van der Waals surface area contributed by atoms with Gasteiger partial charge in [-0.2, -0.15) is 0 Å². The molecule has 0 aliphatic carbocycles. The van der Waals surface area contributed by atoms with Crippen LogP contribution in [0.5, 0.6) is 0 Å². The standard InChI is InChI=1S/C23H24N4O/c28-23(25-21-12-7-13-24-18-21)27-16-14-26(15-17-27)22(19-8-3-1-4-9-19)20-10-5-2-6-11-20/h1-13,18,22H,14-17H2,(H,25,28). The average Bonchev–Trinajstić information content (AvgIpc) is 2.77. The van der Waals surface area contributed by atoms with E-state index in [1.54, 1.807) is 12.4 Å². The lowest BCUT2D eigenvalue weighted by molar-refractivity contribution is 0.126. The summed E-state index contributed by atoms with van der Waals surface area (Å²) in [6, 6.07) is 25.0. The molecule has 2 aromatic carbocycles. The van der Waals surface area contributed by atoms with E-state index < -0.39 is 0 Å². The van der Waals surface area contributed by atoms with Crippen molar-refractivity contribution < 1.29 is 4.79 Å². The Morgan fingerprint density at radius 3 is 1.96 bits per heavy atom. The number of piperazine rings is 1. The molecule has 1 saturated heterocycles. The van der Waals surface area contributed by atoms with Crippen molar-refractivity contribution in [1.29, 1.82) is 0 Å². The molecule has 142 valence electrons. The number of carbonyl (C=O) groups excluding carboxylic acids is 1. The summed E-state index contributed by atoms with van der Waals surface area (Å²) in [6.45, 7) is 3.05. The number of amides is 2. The van der Waals surface area contributed by atoms with Crippen LogP contribution in [0.4, 0.5) is 10.5 Å². The van der Waals surface area contributed by atoms with Crippen molar-refractivity contribution in [2.24, 2.45) is 0 Å². The summed E-state index contributed by atoms with van der Waals surface area (Å²) in [5, 5.41) is 2.93. The first-order chi connectivity index (χ1) is 13.8. The van der Waals surface area contributed by atoms with Crippen LogP contribution in [0.25, 0.3) is 0 Å². The van der Waals surface area contributed by atoms with Crippen LogP contribution in [-0.4, -0.2) is 47.0 Å². The van der Waals surface area contributed by atoms with Crippen molar-refractivity contribution in [2.75, 3.05) is 31.5 Å². The molecule has 1 aromatic heterocycles. The van der Waals surface area contributed by atoms with Gasteiger partial charge in [0.05, 0.1) is 17.9 Å². The third-order valence-corrected chi connectivity index (χ3v) is 5.11. The molecule has 5 nitrogen and oxygen atoms in total. The van der Waals surface area contributed by atoms with Gasteiger partial charge in [-0.15, -0.1) is 0 Å². The van der Waals surface area contributed by atoms with Gasteiger partial charge in [0.15, 0.2) is 0 Å². The van der Waals surface area contributed by atoms with Gasteiger partial charge in [0.2, 0.25) is 0 Å². The van der Waals surface area contributed by atoms with Crippen molar-refractivity contribution in [3.8, 4) is 0 Å². The minimum Gasteiger partial charge on any atom is -0.322 e. The summed E-state index contributed by atoms with van der Waals surface area (Å²) in [4.78, 5) is 20.9. The number of carbonyl (C=O) groups is 1. The lowest BCUT2D eigenvalue weighted by Crippen LogP contribution is -2.51. The highest BCUT2D eigenvalue weighted by molar-refractivity contribution is 5.89. The van der Waals surface area contributed by atoms with Crippen LogP contribution in [0.3, 0.4) is 0 Å². The average molecular weight is 372 g/mol. The zero-order valence-electron chi connectivity index (χ0n) is 15.7. The Bertz CT molecular complexity index is 839. The van der Waals surface area contributed by atoms with Crippen LogP contribution >= 0.6 is 0 Å². The normalized spacial score (nSPS) is 14.8. The maximum atomic E-state index is 12.6. The number of nitrogens with zero attached hydrogens (tertiary/aromatic N) is 3. The number of aromatic nitrogens is 1. The molecular weight excluding hydrogens is 348 g/mol. The van der Waals surface area contributed by atoms with Gasteiger partial charge in [0.25, 0.3) is 0 Å². The quantitative estimate of drug-likeness (QED) is 0.752. The summed E-state index contributed by atoms with van der Waals surface area (Å²) >= 11 is 0. The Morgan fingerprint density at radius 1 is 0.821 bits per heavy atom. The molecule has 0 spiro atoms. The molecule has 2 heterocycles. The first-order valence-electron chi connectivity index (χ1n) is 9.61. The third kappa shape index (κ3) is 4.21. The molecule has 0 unspecified atom stereocenters. The maximum Gasteiger partial charge on any atom is 0.321 e. The summed E-state index contributed by atoms with van der Waals surface area (Å²) in [7, 11) is 0. The molecule has 0 saturated carbocycles. The van der Waals surface area contributed by atoms with Crippen molar-refractivity contribution in [3.63, 3.8) is 0 Å². The number of hydrogen-bond donors (Lipinski definition) is 1. The van der Waals surface area contributed by atoms with Gasteiger partial charge in [-0.1, -0.05) is 60.7 Å². The van der Waals surface area contributed by atoms with Crippen LogP contribution in [0, 0.1) is 0 Å². The molecule has 0 radical (unpaired) electrons. The fraction of sp³-hybridized carbons (Fsp3) is 0.217. The van der Waals surface area contributed by atoms with Crippen LogP contribution in [-0.2, 0) is 0 Å². The van der Waals surface area contributed by atoms with Crippen molar-refractivity contribution >= 4 is 11.7 Å². The van der Waals surface area contributed by atoms with E-state index in [0.717, 1.165) is 18.8 Å². The number of hydrogen-bond acceptors (Lipinski definition) is 3. The SMILES string of the molecule is O=C(Nc1cccnc1)N1CCN(C(c2ccccc2)c2ccccc2)CC1. The Labute approximate surface area is 165 Å². The molecule has 0 atom stereocenters. The molecule has 1 fully saturated rings. The molecule has 1 N–H and O–H groups in total. The molecular formula is C23H24N4O. The van der Waals surface area contributed by atoms with E-state index in [9.17, 15) is 4.79 Å². The number of anilines is 1. The van der Waals surface area contributed by atoms with Crippen molar-refractivity contribution in [2.45, 2.75) is 6.04 Å². The predicted octanol–water partition coefficient (Wildman–Crippen LogP) is 4.02. The van der Waals surface area contributed by atoms with E-state index in [4.69, 9.17) is 0 Å². The van der Waals surface area contributed by atoms with E-state index in [2.05, 4.69) is 63.7 Å². The van der Waals surface area contributed by atoms with Gasteiger partial charge in [0, 0.05) is 32.4 Å². The largest absolute Gasteiger partial charge is 0.322 e. The summed E-state index contributed by atoms with van der Waals surface area (Å²) in [6.07, 6.45) is 3.36. The van der Waals surface area contributed by atoms with E-state index in [0.29, 0.717) is 13.1 Å². The van der Waals surface area contributed by atoms with Gasteiger partial charge in [-0.3, -0.25) is 9.88 Å². The minimum atomic E-state index is -0.0661. The smallest absolute Gasteiger partial charge is 0.321 e. The lowest BCUT2D eigenvalue weighted by Gasteiger charge is -2.39. The summed E-state index contributed by atoms with van der Waals surface area (Å²) < 4.78 is 0. The van der Waals surface area contributed by atoms with Crippen LogP contribution in [0.15, 0.2) is 85.2 Å². The second kappa shape index (κ2) is 8.67. The number of urea groups is 1. The number of pyridine rings is 1. The van der Waals surface area contributed by atoms with E-state index in [1.807, 2.05) is 29.2 Å². The van der Waals surface area contributed by atoms with Gasteiger partial charge in [-0.05, 0) is 23.3 Å². The fourth-order valence-corrected chi connectivity index (χ4v) is 3.71. The monoisotopic (exact) mass is 372 g/mol. The second-order valence-electron chi connectivity index (χ2n) is 6.92. The highest BCUT2D eigenvalue weighted by Gasteiger charge is 2.28. The first kappa shape index (κ1) is 18.2. The van der Waals surface area contributed by atoms with Gasteiger partial charge in [-0.25, -0.2) is 4.79 Å². The van der Waals surface area contributed by atoms with E-state index in [1.165, 1.54) is 11.1 Å². The zero-order chi connectivity index (χ0) is 19.2. The van der Waals surface area contributed by atoms with Crippen molar-refractivity contribution in [1.82, 2.24) is 14.8 Å². The molecule has 2 amide bonds. The third-order valence-electron chi connectivity index (χ3n) is 5.11. The molecule has 5 heteroatoms. The van der Waals surface area contributed by atoms with Gasteiger partial charge in [0.1, 0.15) is 0 Å².